The molecule has 1 atom stereocenters. The molecule has 0 saturated heterocycles. The minimum atomic E-state index is -1.37. The van der Waals surface area contributed by atoms with Crippen molar-refractivity contribution in [2.45, 2.75) is 51.7 Å². The first-order chi connectivity index (χ1) is 19.9. The molecule has 1 aliphatic carbocycles. The van der Waals surface area contributed by atoms with Crippen LogP contribution < -0.4 is 10.5 Å². The molecule has 41 heavy (non-hydrogen) atoms. The van der Waals surface area contributed by atoms with E-state index in [1.54, 1.807) is 30.5 Å². The zero-order chi connectivity index (χ0) is 28.5. The van der Waals surface area contributed by atoms with Gasteiger partial charge in [0.05, 0.1) is 12.1 Å². The number of aromatic nitrogens is 7. The molecule has 6 rings (SSSR count). The van der Waals surface area contributed by atoms with Gasteiger partial charge in [-0.2, -0.15) is 0 Å². The van der Waals surface area contributed by atoms with E-state index < -0.39 is 11.9 Å². The molecule has 0 aliphatic heterocycles. The quantitative estimate of drug-likeness (QED) is 0.239. The van der Waals surface area contributed by atoms with Gasteiger partial charge in [-0.05, 0) is 36.8 Å². The number of methoxy groups -OCH3 is 1. The summed E-state index contributed by atoms with van der Waals surface area (Å²) in [6, 6.07) is 8.82. The summed E-state index contributed by atoms with van der Waals surface area (Å²) in [5.74, 6) is 1.54. The van der Waals surface area contributed by atoms with Gasteiger partial charge in [0.25, 0.3) is 0 Å². The highest BCUT2D eigenvalue weighted by molar-refractivity contribution is 6.30. The smallest absolute Gasteiger partial charge is 0.439 e. The van der Waals surface area contributed by atoms with Crippen LogP contribution in [0.25, 0.3) is 34.1 Å². The number of pyridine rings is 1. The molecule has 1 aliphatic rings. The lowest BCUT2D eigenvalue weighted by Gasteiger charge is -2.27. The van der Waals surface area contributed by atoms with Crippen LogP contribution in [0.5, 0.6) is 5.75 Å². The van der Waals surface area contributed by atoms with Crippen molar-refractivity contribution < 1.29 is 13.7 Å². The van der Waals surface area contributed by atoms with Crippen molar-refractivity contribution in [3.05, 3.63) is 69.7 Å². The van der Waals surface area contributed by atoms with Crippen LogP contribution >= 0.6 is 11.6 Å². The average Bonchev–Trinajstić information content (AvgIpc) is 3.56. The Hall–Kier alpha value is -4.12. The van der Waals surface area contributed by atoms with Crippen LogP contribution in [0.3, 0.4) is 0 Å². The van der Waals surface area contributed by atoms with Gasteiger partial charge in [0.1, 0.15) is 29.0 Å². The maximum atomic E-state index is 16.0. The summed E-state index contributed by atoms with van der Waals surface area (Å²) in [6.07, 6.45) is 6.24. The monoisotopic (exact) mass is 577 g/mol. The molecular formula is C29H29ClFN7O3. The average molecular weight is 578 g/mol. The fourth-order valence-corrected chi connectivity index (χ4v) is 5.75. The molecule has 0 bridgehead atoms. The second-order valence-electron chi connectivity index (χ2n) is 10.6. The summed E-state index contributed by atoms with van der Waals surface area (Å²) >= 11 is 6.32. The summed E-state index contributed by atoms with van der Waals surface area (Å²) in [5, 5.41) is 4.19. The molecule has 1 N–H and O–H groups in total. The molecule has 12 heteroatoms. The number of alkyl halides is 1. The predicted octanol–water partition coefficient (Wildman–Crippen LogP) is 5.97. The van der Waals surface area contributed by atoms with Crippen LogP contribution in [0.15, 0.2) is 52.0 Å². The van der Waals surface area contributed by atoms with Crippen LogP contribution in [-0.2, 0) is 13.0 Å². The van der Waals surface area contributed by atoms with Gasteiger partial charge >= 0.3 is 5.76 Å². The van der Waals surface area contributed by atoms with Gasteiger partial charge < -0.3 is 9.30 Å². The minimum Gasteiger partial charge on any atom is -0.496 e. The maximum Gasteiger partial charge on any atom is 0.439 e. The van der Waals surface area contributed by atoms with E-state index in [0.717, 1.165) is 25.7 Å². The Labute approximate surface area is 240 Å². The maximum absolute atomic E-state index is 16.0. The van der Waals surface area contributed by atoms with Crippen LogP contribution in [0.4, 0.5) is 4.39 Å². The summed E-state index contributed by atoms with van der Waals surface area (Å²) in [5.41, 5.74) is 2.57. The zero-order valence-electron chi connectivity index (χ0n) is 22.7. The minimum absolute atomic E-state index is 0.00319. The Balaban J connectivity index is 1.53. The van der Waals surface area contributed by atoms with Gasteiger partial charge in [-0.25, -0.2) is 24.1 Å². The summed E-state index contributed by atoms with van der Waals surface area (Å²) in [6.45, 7) is 2.92. The van der Waals surface area contributed by atoms with Crippen molar-refractivity contribution in [3.63, 3.8) is 0 Å². The van der Waals surface area contributed by atoms with Crippen molar-refractivity contribution >= 4 is 22.8 Å². The van der Waals surface area contributed by atoms with Crippen LogP contribution in [0, 0.1) is 11.8 Å². The first kappa shape index (κ1) is 27.1. The van der Waals surface area contributed by atoms with Gasteiger partial charge in [0.15, 0.2) is 5.65 Å². The standard InChI is InChI=1S/C29H29ClFN7O3/c1-16-7-9-17(10-8-16)15-38-23(12-21(31)20-5-3-4-6-22(20)40-2)33-26-25(38)24(18-11-19(30)14-32-13-18)34-27(35-26)28-36-29(39)41-37-28/h3-6,11,13-14,16-17,21H,7-10,12,15H2,1-2H3,(H,36,37,39). The molecule has 0 spiro atoms. The van der Waals surface area contributed by atoms with Gasteiger partial charge in [-0.15, -0.1) is 0 Å². The highest BCUT2D eigenvalue weighted by atomic mass is 35.5. The number of halogens is 2. The van der Waals surface area contributed by atoms with Gasteiger partial charge in [0.2, 0.25) is 11.6 Å². The molecule has 1 fully saturated rings. The second-order valence-corrected chi connectivity index (χ2v) is 11.0. The van der Waals surface area contributed by atoms with Crippen molar-refractivity contribution in [3.8, 4) is 28.7 Å². The van der Waals surface area contributed by atoms with Gasteiger partial charge in [-0.1, -0.05) is 54.7 Å². The SMILES string of the molecule is COc1ccccc1C(F)Cc1nc2nc(-c3noc(=O)[nH]3)nc(-c3cncc(Cl)c3)c2n1CC1CCC(C)CC1. The fraction of sp³-hybridized carbons (Fsp3) is 0.379. The van der Waals surface area contributed by atoms with E-state index >= 15 is 4.39 Å². The molecule has 5 aromatic rings. The first-order valence-corrected chi connectivity index (χ1v) is 14.0. The molecule has 0 radical (unpaired) electrons. The number of nitrogens with zero attached hydrogens (tertiary/aromatic N) is 6. The number of hydrogen-bond acceptors (Lipinski definition) is 8. The number of ether oxygens (including phenoxy) is 1. The molecule has 10 nitrogen and oxygen atoms in total. The lowest BCUT2D eigenvalue weighted by atomic mass is 9.83. The highest BCUT2D eigenvalue weighted by Gasteiger charge is 2.27. The largest absolute Gasteiger partial charge is 0.496 e. The number of para-hydroxylation sites is 1. The topological polar surface area (TPSA) is 125 Å². The highest BCUT2D eigenvalue weighted by Crippen LogP contribution is 2.36. The first-order valence-electron chi connectivity index (χ1n) is 13.6. The molecule has 0 amide bonds. The normalized spacial score (nSPS) is 18.0. The van der Waals surface area contributed by atoms with Gasteiger partial charge in [-0.3, -0.25) is 14.5 Å². The van der Waals surface area contributed by atoms with E-state index in [0.29, 0.717) is 63.0 Å². The van der Waals surface area contributed by atoms with E-state index in [1.165, 1.54) is 13.3 Å². The molecule has 1 aromatic carbocycles. The van der Waals surface area contributed by atoms with E-state index in [2.05, 4.69) is 27.0 Å². The third-order valence-corrected chi connectivity index (χ3v) is 7.93. The van der Waals surface area contributed by atoms with Crippen LogP contribution in [-0.4, -0.2) is 41.8 Å². The van der Waals surface area contributed by atoms with Crippen molar-refractivity contribution in [1.82, 2.24) is 34.6 Å². The molecule has 4 aromatic heterocycles. The number of fused-ring (bicyclic) bond motifs is 1. The lowest BCUT2D eigenvalue weighted by Crippen LogP contribution is -2.20. The molecular weight excluding hydrogens is 549 g/mol. The fourth-order valence-electron chi connectivity index (χ4n) is 5.57. The molecule has 1 saturated carbocycles. The number of H-pyrrole nitrogens is 1. The molecule has 212 valence electrons. The number of imidazole rings is 1. The van der Waals surface area contributed by atoms with E-state index in [-0.39, 0.29) is 18.1 Å². The van der Waals surface area contributed by atoms with Crippen molar-refractivity contribution in [2.75, 3.05) is 7.11 Å². The van der Waals surface area contributed by atoms with E-state index in [9.17, 15) is 4.79 Å². The molecule has 1 unspecified atom stereocenters. The molecule has 4 heterocycles. The second kappa shape index (κ2) is 11.4. The Morgan fingerprint density at radius 1 is 1.17 bits per heavy atom. The summed E-state index contributed by atoms with van der Waals surface area (Å²) in [4.78, 5) is 32.7. The van der Waals surface area contributed by atoms with Crippen LogP contribution in [0.1, 0.15) is 50.2 Å². The number of hydrogen-bond donors (Lipinski definition) is 1. The third-order valence-electron chi connectivity index (χ3n) is 7.73. The Kier molecular flexibility index (Phi) is 7.53. The van der Waals surface area contributed by atoms with E-state index in [4.69, 9.17) is 30.8 Å². The number of rotatable bonds is 8. The third kappa shape index (κ3) is 5.58. The number of benzene rings is 1. The zero-order valence-corrected chi connectivity index (χ0v) is 23.4. The van der Waals surface area contributed by atoms with Crippen molar-refractivity contribution in [1.29, 1.82) is 0 Å². The number of nitrogens with one attached hydrogen (secondary N) is 1. The summed E-state index contributed by atoms with van der Waals surface area (Å²) < 4.78 is 28.1. The lowest BCUT2D eigenvalue weighted by molar-refractivity contribution is 0.261. The Morgan fingerprint density at radius 2 is 1.98 bits per heavy atom. The Bertz CT molecular complexity index is 1740. The van der Waals surface area contributed by atoms with Crippen LogP contribution in [0.2, 0.25) is 5.02 Å². The van der Waals surface area contributed by atoms with Crippen molar-refractivity contribution in [2.24, 2.45) is 11.8 Å². The predicted molar refractivity (Wildman–Crippen MR) is 151 cm³/mol. The summed E-state index contributed by atoms with van der Waals surface area (Å²) in [7, 11) is 1.53. The van der Waals surface area contributed by atoms with E-state index in [1.807, 2.05) is 10.6 Å². The van der Waals surface area contributed by atoms with Gasteiger partial charge in [0, 0.05) is 36.5 Å². The Morgan fingerprint density at radius 3 is 2.71 bits per heavy atom. The number of aromatic amines is 1.